The van der Waals surface area contributed by atoms with Gasteiger partial charge in [0, 0.05) is 11.4 Å². The Morgan fingerprint density at radius 2 is 1.59 bits per heavy atom. The Labute approximate surface area is 162 Å². The molecule has 2 amide bonds. The molecule has 0 atom stereocenters. The monoisotopic (exact) mass is 382 g/mol. The van der Waals surface area contributed by atoms with E-state index in [9.17, 15) is 4.79 Å². The van der Waals surface area contributed by atoms with E-state index in [2.05, 4.69) is 10.6 Å². The van der Waals surface area contributed by atoms with Gasteiger partial charge in [-0.25, -0.2) is 4.79 Å². The quantitative estimate of drug-likeness (QED) is 0.585. The first-order valence-electron chi connectivity index (χ1n) is 8.32. The number of anilines is 2. The van der Waals surface area contributed by atoms with E-state index in [1.165, 1.54) is 7.11 Å². The van der Waals surface area contributed by atoms with Gasteiger partial charge in [0.05, 0.1) is 12.1 Å². The molecule has 6 heteroatoms. The van der Waals surface area contributed by atoms with Crippen molar-refractivity contribution >= 4 is 29.0 Å². The average Bonchev–Trinajstić information content (AvgIpc) is 2.68. The van der Waals surface area contributed by atoms with Crippen LogP contribution in [-0.4, -0.2) is 13.1 Å². The van der Waals surface area contributed by atoms with E-state index in [1.807, 2.05) is 42.5 Å². The van der Waals surface area contributed by atoms with E-state index in [0.29, 0.717) is 28.8 Å². The number of halogens is 1. The number of hydrogen-bond donors (Lipinski definition) is 2. The summed E-state index contributed by atoms with van der Waals surface area (Å²) in [6.07, 6.45) is 0. The van der Waals surface area contributed by atoms with E-state index in [1.54, 1.807) is 30.3 Å². The summed E-state index contributed by atoms with van der Waals surface area (Å²) in [5.41, 5.74) is 2.32. The van der Waals surface area contributed by atoms with Gasteiger partial charge < -0.3 is 20.1 Å². The van der Waals surface area contributed by atoms with Gasteiger partial charge in [-0.15, -0.1) is 0 Å². The maximum atomic E-state index is 12.1. The van der Waals surface area contributed by atoms with E-state index in [0.717, 1.165) is 11.3 Å². The third-order valence-corrected chi connectivity index (χ3v) is 4.07. The summed E-state index contributed by atoms with van der Waals surface area (Å²) in [4.78, 5) is 12.1. The summed E-state index contributed by atoms with van der Waals surface area (Å²) >= 11 is 6.05. The van der Waals surface area contributed by atoms with Crippen molar-refractivity contribution < 1.29 is 14.3 Å². The normalized spacial score (nSPS) is 10.1. The van der Waals surface area contributed by atoms with Crippen molar-refractivity contribution in [1.82, 2.24) is 0 Å². The standard InChI is InChI=1S/C21H19ClN2O3/c1-26-20-12-9-17(13-19(20)22)24-21(25)23-16-7-10-18(11-8-16)27-14-15-5-3-2-4-6-15/h2-13H,14H2,1H3,(H2,23,24,25). The van der Waals surface area contributed by atoms with Crippen molar-refractivity contribution in [2.75, 3.05) is 17.7 Å². The van der Waals surface area contributed by atoms with Crippen LogP contribution in [0.25, 0.3) is 0 Å². The second kappa shape index (κ2) is 8.96. The molecular weight excluding hydrogens is 364 g/mol. The molecule has 0 aliphatic heterocycles. The minimum absolute atomic E-state index is 0.366. The van der Waals surface area contributed by atoms with Crippen LogP contribution in [-0.2, 0) is 6.61 Å². The van der Waals surface area contributed by atoms with Crippen LogP contribution >= 0.6 is 11.6 Å². The van der Waals surface area contributed by atoms with Gasteiger partial charge in [0.25, 0.3) is 0 Å². The number of nitrogens with one attached hydrogen (secondary N) is 2. The molecule has 0 fully saturated rings. The van der Waals surface area contributed by atoms with Gasteiger partial charge in [-0.1, -0.05) is 41.9 Å². The largest absolute Gasteiger partial charge is 0.495 e. The predicted octanol–water partition coefficient (Wildman–Crippen LogP) is 5.57. The smallest absolute Gasteiger partial charge is 0.323 e. The number of rotatable bonds is 6. The second-order valence-corrected chi connectivity index (χ2v) is 6.13. The van der Waals surface area contributed by atoms with Gasteiger partial charge in [-0.2, -0.15) is 0 Å². The summed E-state index contributed by atoms with van der Waals surface area (Å²) in [6.45, 7) is 0.492. The highest BCUT2D eigenvalue weighted by molar-refractivity contribution is 6.32. The van der Waals surface area contributed by atoms with Gasteiger partial charge in [-0.05, 0) is 48.0 Å². The van der Waals surface area contributed by atoms with Crippen molar-refractivity contribution in [1.29, 1.82) is 0 Å². The highest BCUT2D eigenvalue weighted by atomic mass is 35.5. The fourth-order valence-electron chi connectivity index (χ4n) is 2.41. The summed E-state index contributed by atoms with van der Waals surface area (Å²) in [5, 5.41) is 5.91. The Hall–Kier alpha value is -3.18. The van der Waals surface area contributed by atoms with Crippen LogP contribution < -0.4 is 20.1 Å². The third kappa shape index (κ3) is 5.39. The molecule has 0 aliphatic rings. The molecule has 0 saturated carbocycles. The molecule has 0 saturated heterocycles. The lowest BCUT2D eigenvalue weighted by molar-refractivity contribution is 0.262. The van der Waals surface area contributed by atoms with Crippen molar-refractivity contribution in [3.05, 3.63) is 83.4 Å². The molecular formula is C21H19ClN2O3. The zero-order valence-corrected chi connectivity index (χ0v) is 15.5. The lowest BCUT2D eigenvalue weighted by Crippen LogP contribution is -2.19. The summed E-state index contributed by atoms with van der Waals surface area (Å²) < 4.78 is 10.8. The van der Waals surface area contributed by atoms with E-state index in [4.69, 9.17) is 21.1 Å². The minimum Gasteiger partial charge on any atom is -0.495 e. The number of carbonyl (C=O) groups is 1. The van der Waals surface area contributed by atoms with Crippen molar-refractivity contribution in [3.63, 3.8) is 0 Å². The van der Waals surface area contributed by atoms with Crippen LogP contribution in [0.4, 0.5) is 16.2 Å². The van der Waals surface area contributed by atoms with Crippen LogP contribution in [0.15, 0.2) is 72.8 Å². The summed E-state index contributed by atoms with van der Waals surface area (Å²) in [7, 11) is 1.54. The van der Waals surface area contributed by atoms with Crippen LogP contribution in [0.5, 0.6) is 11.5 Å². The maximum Gasteiger partial charge on any atom is 0.323 e. The van der Waals surface area contributed by atoms with Gasteiger partial charge >= 0.3 is 6.03 Å². The van der Waals surface area contributed by atoms with E-state index >= 15 is 0 Å². The van der Waals surface area contributed by atoms with Gasteiger partial charge in [0.15, 0.2) is 0 Å². The van der Waals surface area contributed by atoms with Crippen molar-refractivity contribution in [2.24, 2.45) is 0 Å². The molecule has 0 bridgehead atoms. The number of benzene rings is 3. The van der Waals surface area contributed by atoms with Gasteiger partial charge in [-0.3, -0.25) is 0 Å². The molecule has 138 valence electrons. The van der Waals surface area contributed by atoms with Gasteiger partial charge in [0.1, 0.15) is 18.1 Å². The molecule has 0 heterocycles. The molecule has 3 rings (SSSR count). The lowest BCUT2D eigenvalue weighted by atomic mass is 10.2. The molecule has 0 aromatic heterocycles. The molecule has 27 heavy (non-hydrogen) atoms. The van der Waals surface area contributed by atoms with Crippen LogP contribution in [0.3, 0.4) is 0 Å². The number of methoxy groups -OCH3 is 1. The molecule has 3 aromatic rings. The Bertz CT molecular complexity index is 899. The van der Waals surface area contributed by atoms with Crippen molar-refractivity contribution in [2.45, 2.75) is 6.61 Å². The molecule has 0 unspecified atom stereocenters. The van der Waals surface area contributed by atoms with Crippen LogP contribution in [0.1, 0.15) is 5.56 Å². The molecule has 3 aromatic carbocycles. The number of amides is 2. The fraction of sp³-hybridized carbons (Fsp3) is 0.0952. The molecule has 0 aliphatic carbocycles. The zero-order chi connectivity index (χ0) is 19.1. The van der Waals surface area contributed by atoms with Crippen molar-refractivity contribution in [3.8, 4) is 11.5 Å². The first-order valence-corrected chi connectivity index (χ1v) is 8.70. The number of carbonyl (C=O) groups excluding carboxylic acids is 1. The average molecular weight is 383 g/mol. The Balaban J connectivity index is 1.53. The number of hydrogen-bond acceptors (Lipinski definition) is 3. The predicted molar refractivity (Wildman–Crippen MR) is 108 cm³/mol. The molecule has 5 nitrogen and oxygen atoms in total. The van der Waals surface area contributed by atoms with Crippen LogP contribution in [0.2, 0.25) is 5.02 Å². The Morgan fingerprint density at radius 3 is 2.26 bits per heavy atom. The minimum atomic E-state index is -0.366. The second-order valence-electron chi connectivity index (χ2n) is 5.73. The fourth-order valence-corrected chi connectivity index (χ4v) is 2.67. The topological polar surface area (TPSA) is 59.6 Å². The highest BCUT2D eigenvalue weighted by Gasteiger charge is 2.06. The third-order valence-electron chi connectivity index (χ3n) is 3.77. The Morgan fingerprint density at radius 1 is 0.926 bits per heavy atom. The maximum absolute atomic E-state index is 12.1. The molecule has 2 N–H and O–H groups in total. The Kier molecular flexibility index (Phi) is 6.18. The summed E-state index contributed by atoms with van der Waals surface area (Å²) in [6, 6.07) is 21.8. The van der Waals surface area contributed by atoms with E-state index < -0.39 is 0 Å². The summed E-state index contributed by atoms with van der Waals surface area (Å²) in [5.74, 6) is 1.28. The first-order chi connectivity index (χ1) is 13.1. The first kappa shape index (κ1) is 18.6. The zero-order valence-electron chi connectivity index (χ0n) is 14.7. The lowest BCUT2D eigenvalue weighted by Gasteiger charge is -2.10. The van der Waals surface area contributed by atoms with Gasteiger partial charge in [0.2, 0.25) is 0 Å². The van der Waals surface area contributed by atoms with Crippen LogP contribution in [0, 0.1) is 0 Å². The molecule has 0 spiro atoms. The molecule has 0 radical (unpaired) electrons. The highest BCUT2D eigenvalue weighted by Crippen LogP contribution is 2.27. The number of ether oxygens (including phenoxy) is 2. The van der Waals surface area contributed by atoms with E-state index in [-0.39, 0.29) is 6.03 Å². The SMILES string of the molecule is COc1ccc(NC(=O)Nc2ccc(OCc3ccccc3)cc2)cc1Cl. The number of urea groups is 1.